The second-order valence-corrected chi connectivity index (χ2v) is 3.64. The van der Waals surface area contributed by atoms with Crippen LogP contribution in [0.5, 0.6) is 0 Å². The largest absolute Gasteiger partial charge is 0.322 e. The van der Waals surface area contributed by atoms with Crippen LogP contribution < -0.4 is 5.73 Å². The molecule has 1 aromatic rings. The van der Waals surface area contributed by atoms with E-state index in [1.807, 2.05) is 0 Å². The smallest absolute Gasteiger partial charge is 0.0378 e. The summed E-state index contributed by atoms with van der Waals surface area (Å²) in [7, 11) is 0. The lowest BCUT2D eigenvalue weighted by molar-refractivity contribution is 0.476. The van der Waals surface area contributed by atoms with E-state index in [1.165, 1.54) is 11.1 Å². The van der Waals surface area contributed by atoms with E-state index in [0.717, 1.165) is 6.42 Å². The molecule has 0 aliphatic carbocycles. The highest BCUT2D eigenvalue weighted by Gasteiger charge is 2.17. The Kier molecular flexibility index (Phi) is 2.53. The molecule has 0 bridgehead atoms. The molecule has 66 valence electrons. The summed E-state index contributed by atoms with van der Waals surface area (Å²) >= 11 is 0. The van der Waals surface area contributed by atoms with Crippen molar-refractivity contribution in [3.05, 3.63) is 35.4 Å². The third kappa shape index (κ3) is 1.86. The predicted octanol–water partition coefficient (Wildman–Crippen LogP) is 2.58. The summed E-state index contributed by atoms with van der Waals surface area (Å²) in [6.07, 6.45) is 0.969. The van der Waals surface area contributed by atoms with Gasteiger partial charge in [0.25, 0.3) is 0 Å². The Balaban J connectivity index is 3.03. The summed E-state index contributed by atoms with van der Waals surface area (Å²) in [5.41, 5.74) is 8.43. The van der Waals surface area contributed by atoms with E-state index in [9.17, 15) is 0 Å². The standard InChI is InChI=1S/C11H17N/c1-4-11(3,12)10-7-5-6-9(2)8-10/h5-8H,4,12H2,1-3H3/t11-/m0/s1. The molecule has 0 saturated carbocycles. The first kappa shape index (κ1) is 9.27. The number of nitrogens with two attached hydrogens (primary N) is 1. The van der Waals surface area contributed by atoms with Gasteiger partial charge in [0.1, 0.15) is 0 Å². The Labute approximate surface area is 74.6 Å². The summed E-state index contributed by atoms with van der Waals surface area (Å²) in [6, 6.07) is 8.40. The lowest BCUT2D eigenvalue weighted by atomic mass is 9.90. The van der Waals surface area contributed by atoms with Gasteiger partial charge in [-0.25, -0.2) is 0 Å². The molecule has 0 unspecified atom stereocenters. The van der Waals surface area contributed by atoms with Crippen molar-refractivity contribution >= 4 is 0 Å². The summed E-state index contributed by atoms with van der Waals surface area (Å²) in [6.45, 7) is 6.28. The fourth-order valence-electron chi connectivity index (χ4n) is 1.20. The lowest BCUT2D eigenvalue weighted by Crippen LogP contribution is -2.31. The van der Waals surface area contributed by atoms with Crippen molar-refractivity contribution in [2.75, 3.05) is 0 Å². The van der Waals surface area contributed by atoms with Crippen molar-refractivity contribution in [3.63, 3.8) is 0 Å². The first-order valence-corrected chi connectivity index (χ1v) is 4.42. The molecule has 1 rings (SSSR count). The van der Waals surface area contributed by atoms with E-state index in [-0.39, 0.29) is 5.54 Å². The first-order valence-electron chi connectivity index (χ1n) is 4.42. The van der Waals surface area contributed by atoms with Gasteiger partial charge >= 0.3 is 0 Å². The number of hydrogen-bond acceptors (Lipinski definition) is 1. The monoisotopic (exact) mass is 163 g/mol. The maximum absolute atomic E-state index is 6.11. The lowest BCUT2D eigenvalue weighted by Gasteiger charge is -2.23. The van der Waals surface area contributed by atoms with E-state index in [4.69, 9.17) is 5.73 Å². The molecule has 1 nitrogen and oxygen atoms in total. The molecule has 0 fully saturated rings. The Morgan fingerprint density at radius 1 is 1.42 bits per heavy atom. The van der Waals surface area contributed by atoms with Crippen molar-refractivity contribution in [1.82, 2.24) is 0 Å². The van der Waals surface area contributed by atoms with Crippen molar-refractivity contribution in [1.29, 1.82) is 0 Å². The van der Waals surface area contributed by atoms with Crippen LogP contribution in [0.4, 0.5) is 0 Å². The van der Waals surface area contributed by atoms with E-state index < -0.39 is 0 Å². The molecular weight excluding hydrogens is 146 g/mol. The number of hydrogen-bond donors (Lipinski definition) is 1. The van der Waals surface area contributed by atoms with Gasteiger partial charge in [0.15, 0.2) is 0 Å². The predicted molar refractivity (Wildman–Crippen MR) is 53.0 cm³/mol. The minimum atomic E-state index is -0.175. The van der Waals surface area contributed by atoms with Gasteiger partial charge in [-0.15, -0.1) is 0 Å². The molecule has 0 heterocycles. The number of rotatable bonds is 2. The average Bonchev–Trinajstić information content (AvgIpc) is 2.05. The Bertz CT molecular complexity index is 263. The molecule has 0 spiro atoms. The molecule has 1 aromatic carbocycles. The van der Waals surface area contributed by atoms with Crippen LogP contribution in [0.1, 0.15) is 31.4 Å². The molecule has 0 radical (unpaired) electrons. The van der Waals surface area contributed by atoms with Crippen LogP contribution in [0.2, 0.25) is 0 Å². The normalized spacial score (nSPS) is 15.7. The summed E-state index contributed by atoms with van der Waals surface area (Å²) in [5.74, 6) is 0. The molecule has 0 aliphatic heterocycles. The maximum Gasteiger partial charge on any atom is 0.0378 e. The minimum absolute atomic E-state index is 0.175. The quantitative estimate of drug-likeness (QED) is 0.712. The third-order valence-electron chi connectivity index (χ3n) is 2.41. The highest BCUT2D eigenvalue weighted by atomic mass is 14.7. The van der Waals surface area contributed by atoms with Crippen LogP contribution >= 0.6 is 0 Å². The molecule has 0 saturated heterocycles. The van der Waals surface area contributed by atoms with Crippen LogP contribution in [0.3, 0.4) is 0 Å². The van der Waals surface area contributed by atoms with Gasteiger partial charge in [-0.2, -0.15) is 0 Å². The Morgan fingerprint density at radius 2 is 2.08 bits per heavy atom. The van der Waals surface area contributed by atoms with Gasteiger partial charge in [-0.05, 0) is 25.8 Å². The molecular formula is C11H17N. The van der Waals surface area contributed by atoms with Crippen LogP contribution in [0.15, 0.2) is 24.3 Å². The van der Waals surface area contributed by atoms with Gasteiger partial charge in [0, 0.05) is 5.54 Å². The van der Waals surface area contributed by atoms with Gasteiger partial charge < -0.3 is 5.73 Å². The average molecular weight is 163 g/mol. The highest BCUT2D eigenvalue weighted by molar-refractivity contribution is 5.27. The van der Waals surface area contributed by atoms with Gasteiger partial charge in [-0.3, -0.25) is 0 Å². The molecule has 1 atom stereocenters. The summed E-state index contributed by atoms with van der Waals surface area (Å²) in [4.78, 5) is 0. The topological polar surface area (TPSA) is 26.0 Å². The molecule has 0 aromatic heterocycles. The van der Waals surface area contributed by atoms with Gasteiger partial charge in [0.2, 0.25) is 0 Å². The van der Waals surface area contributed by atoms with Crippen molar-refractivity contribution in [3.8, 4) is 0 Å². The Hall–Kier alpha value is -0.820. The van der Waals surface area contributed by atoms with E-state index in [0.29, 0.717) is 0 Å². The maximum atomic E-state index is 6.11. The fourth-order valence-corrected chi connectivity index (χ4v) is 1.20. The zero-order valence-electron chi connectivity index (χ0n) is 8.09. The fraction of sp³-hybridized carbons (Fsp3) is 0.455. The van der Waals surface area contributed by atoms with Crippen LogP contribution in [0.25, 0.3) is 0 Å². The number of benzene rings is 1. The van der Waals surface area contributed by atoms with Crippen molar-refractivity contribution in [2.45, 2.75) is 32.7 Å². The van der Waals surface area contributed by atoms with E-state index in [2.05, 4.69) is 45.0 Å². The second-order valence-electron chi connectivity index (χ2n) is 3.64. The molecule has 0 amide bonds. The SMILES string of the molecule is CC[C@](C)(N)c1cccc(C)c1. The zero-order chi connectivity index (χ0) is 9.19. The summed E-state index contributed by atoms with van der Waals surface area (Å²) < 4.78 is 0. The molecule has 2 N–H and O–H groups in total. The van der Waals surface area contributed by atoms with E-state index >= 15 is 0 Å². The number of aryl methyl sites for hydroxylation is 1. The van der Waals surface area contributed by atoms with Gasteiger partial charge in [-0.1, -0.05) is 36.8 Å². The van der Waals surface area contributed by atoms with Crippen LogP contribution in [-0.4, -0.2) is 0 Å². The second kappa shape index (κ2) is 3.28. The highest BCUT2D eigenvalue weighted by Crippen LogP contribution is 2.21. The molecule has 0 aliphatic rings. The first-order chi connectivity index (χ1) is 5.56. The summed E-state index contributed by atoms with van der Waals surface area (Å²) in [5, 5.41) is 0. The van der Waals surface area contributed by atoms with E-state index in [1.54, 1.807) is 0 Å². The van der Waals surface area contributed by atoms with Crippen LogP contribution in [0, 0.1) is 6.92 Å². The van der Waals surface area contributed by atoms with Crippen molar-refractivity contribution in [2.24, 2.45) is 5.73 Å². The zero-order valence-corrected chi connectivity index (χ0v) is 8.09. The third-order valence-corrected chi connectivity index (χ3v) is 2.41. The van der Waals surface area contributed by atoms with Crippen LogP contribution in [-0.2, 0) is 5.54 Å². The Morgan fingerprint density at radius 3 is 2.58 bits per heavy atom. The molecule has 1 heteroatoms. The van der Waals surface area contributed by atoms with Gasteiger partial charge in [0.05, 0.1) is 0 Å². The molecule has 12 heavy (non-hydrogen) atoms. The van der Waals surface area contributed by atoms with Crippen molar-refractivity contribution < 1.29 is 0 Å². The minimum Gasteiger partial charge on any atom is -0.322 e.